The number of halogens is 1. The highest BCUT2D eigenvalue weighted by Gasteiger charge is 2.10. The van der Waals surface area contributed by atoms with Crippen molar-refractivity contribution in [3.05, 3.63) is 76.6 Å². The first-order valence-electron chi connectivity index (χ1n) is 7.75. The van der Waals surface area contributed by atoms with Crippen molar-refractivity contribution in [2.24, 2.45) is 0 Å². The highest BCUT2D eigenvalue weighted by Crippen LogP contribution is 2.23. The predicted molar refractivity (Wildman–Crippen MR) is 101 cm³/mol. The molecule has 5 nitrogen and oxygen atoms in total. The Balaban J connectivity index is 1.78. The molecule has 0 aliphatic heterocycles. The van der Waals surface area contributed by atoms with Crippen LogP contribution in [0.25, 0.3) is 0 Å². The van der Waals surface area contributed by atoms with E-state index in [1.54, 1.807) is 12.1 Å². The molecule has 0 atom stereocenters. The number of benzene rings is 2. The van der Waals surface area contributed by atoms with E-state index in [0.717, 1.165) is 16.8 Å². The standard InChI is InChI=1S/C19H17ClN4O/c1-12-9-13(2)11-14(10-12)22-18(25)17-7-8-21-19(24-17)23-16-6-4-3-5-15(16)20/h3-11H,1-2H3,(H,22,25)(H,21,23,24). The number of hydrogen-bond acceptors (Lipinski definition) is 4. The van der Waals surface area contributed by atoms with Gasteiger partial charge in [-0.2, -0.15) is 0 Å². The van der Waals surface area contributed by atoms with Crippen molar-refractivity contribution in [1.29, 1.82) is 0 Å². The lowest BCUT2D eigenvalue weighted by Gasteiger charge is -2.09. The first-order valence-corrected chi connectivity index (χ1v) is 8.13. The normalized spacial score (nSPS) is 10.4. The van der Waals surface area contributed by atoms with Crippen LogP contribution in [0.1, 0.15) is 21.6 Å². The van der Waals surface area contributed by atoms with E-state index in [1.807, 2.05) is 50.2 Å². The molecule has 126 valence electrons. The fraction of sp³-hybridized carbons (Fsp3) is 0.105. The van der Waals surface area contributed by atoms with E-state index < -0.39 is 0 Å². The topological polar surface area (TPSA) is 66.9 Å². The molecule has 6 heteroatoms. The Morgan fingerprint density at radius 2 is 1.76 bits per heavy atom. The van der Waals surface area contributed by atoms with Crippen molar-refractivity contribution >= 4 is 34.8 Å². The molecule has 1 amide bonds. The maximum Gasteiger partial charge on any atom is 0.274 e. The molecule has 0 unspecified atom stereocenters. The zero-order chi connectivity index (χ0) is 17.8. The van der Waals surface area contributed by atoms with Crippen LogP contribution in [-0.2, 0) is 0 Å². The van der Waals surface area contributed by atoms with Crippen molar-refractivity contribution in [2.45, 2.75) is 13.8 Å². The van der Waals surface area contributed by atoms with E-state index in [9.17, 15) is 4.79 Å². The van der Waals surface area contributed by atoms with E-state index >= 15 is 0 Å². The molecular weight excluding hydrogens is 336 g/mol. The minimum atomic E-state index is -0.297. The van der Waals surface area contributed by atoms with Crippen molar-refractivity contribution in [3.63, 3.8) is 0 Å². The van der Waals surface area contributed by atoms with E-state index in [-0.39, 0.29) is 11.6 Å². The van der Waals surface area contributed by atoms with Gasteiger partial charge in [-0.25, -0.2) is 9.97 Å². The number of nitrogens with zero attached hydrogens (tertiary/aromatic N) is 2. The molecule has 0 aliphatic rings. The molecule has 25 heavy (non-hydrogen) atoms. The van der Waals surface area contributed by atoms with E-state index in [0.29, 0.717) is 16.7 Å². The summed E-state index contributed by atoms with van der Waals surface area (Å²) >= 11 is 6.12. The summed E-state index contributed by atoms with van der Waals surface area (Å²) in [6, 6.07) is 14.7. The third-order valence-corrected chi connectivity index (χ3v) is 3.82. The summed E-state index contributed by atoms with van der Waals surface area (Å²) in [6.45, 7) is 3.97. The van der Waals surface area contributed by atoms with Gasteiger partial charge in [0, 0.05) is 11.9 Å². The third kappa shape index (κ3) is 4.33. The number of anilines is 3. The zero-order valence-corrected chi connectivity index (χ0v) is 14.6. The molecule has 0 spiro atoms. The van der Waals surface area contributed by atoms with Gasteiger partial charge < -0.3 is 10.6 Å². The van der Waals surface area contributed by atoms with Crippen molar-refractivity contribution < 1.29 is 4.79 Å². The molecule has 0 fully saturated rings. The Bertz CT molecular complexity index is 907. The summed E-state index contributed by atoms with van der Waals surface area (Å²) in [7, 11) is 0. The Morgan fingerprint density at radius 3 is 2.48 bits per heavy atom. The van der Waals surface area contributed by atoms with Crippen molar-refractivity contribution in [1.82, 2.24) is 9.97 Å². The second kappa shape index (κ2) is 7.32. The molecule has 2 aromatic carbocycles. The zero-order valence-electron chi connectivity index (χ0n) is 13.9. The van der Waals surface area contributed by atoms with Gasteiger partial charge in [0.05, 0.1) is 10.7 Å². The smallest absolute Gasteiger partial charge is 0.274 e. The van der Waals surface area contributed by atoms with Gasteiger partial charge in [-0.3, -0.25) is 4.79 Å². The van der Waals surface area contributed by atoms with Gasteiger partial charge in [-0.1, -0.05) is 29.8 Å². The van der Waals surface area contributed by atoms with Crippen LogP contribution in [0, 0.1) is 13.8 Å². The van der Waals surface area contributed by atoms with Gasteiger partial charge in [-0.15, -0.1) is 0 Å². The van der Waals surface area contributed by atoms with Crippen LogP contribution in [0.4, 0.5) is 17.3 Å². The number of carbonyl (C=O) groups is 1. The monoisotopic (exact) mass is 352 g/mol. The molecule has 1 aromatic heterocycles. The van der Waals surface area contributed by atoms with Gasteiger partial charge in [0.2, 0.25) is 5.95 Å². The maximum atomic E-state index is 12.5. The number of aromatic nitrogens is 2. The average Bonchev–Trinajstić information content (AvgIpc) is 2.56. The summed E-state index contributed by atoms with van der Waals surface area (Å²) in [5, 5.41) is 6.43. The second-order valence-electron chi connectivity index (χ2n) is 5.70. The van der Waals surface area contributed by atoms with E-state index in [1.165, 1.54) is 6.20 Å². The van der Waals surface area contributed by atoms with Gasteiger partial charge in [0.15, 0.2) is 0 Å². The van der Waals surface area contributed by atoms with E-state index in [4.69, 9.17) is 11.6 Å². The molecule has 0 aliphatic carbocycles. The number of amides is 1. The molecular formula is C19H17ClN4O. The Labute approximate surface area is 151 Å². The SMILES string of the molecule is Cc1cc(C)cc(NC(=O)c2ccnc(Nc3ccccc3Cl)n2)c1. The van der Waals surface area contributed by atoms with Gasteiger partial charge in [0.1, 0.15) is 5.69 Å². The minimum absolute atomic E-state index is 0.267. The molecule has 0 saturated heterocycles. The Hall–Kier alpha value is -2.92. The van der Waals surface area contributed by atoms with Crippen LogP contribution < -0.4 is 10.6 Å². The number of rotatable bonds is 4. The summed E-state index contributed by atoms with van der Waals surface area (Å²) in [5.41, 5.74) is 3.85. The van der Waals surface area contributed by atoms with Crippen LogP contribution in [0.15, 0.2) is 54.7 Å². The molecule has 0 saturated carbocycles. The van der Waals surface area contributed by atoms with Gasteiger partial charge >= 0.3 is 0 Å². The average molecular weight is 353 g/mol. The number of hydrogen-bond donors (Lipinski definition) is 2. The fourth-order valence-electron chi connectivity index (χ4n) is 2.47. The lowest BCUT2D eigenvalue weighted by molar-refractivity contribution is 0.102. The lowest BCUT2D eigenvalue weighted by Crippen LogP contribution is -2.15. The number of aryl methyl sites for hydroxylation is 2. The van der Waals surface area contributed by atoms with Crippen LogP contribution in [-0.4, -0.2) is 15.9 Å². The summed E-state index contributed by atoms with van der Waals surface area (Å²) in [6.07, 6.45) is 1.53. The minimum Gasteiger partial charge on any atom is -0.323 e. The number of carbonyl (C=O) groups excluding carboxylic acids is 1. The van der Waals surface area contributed by atoms with Gasteiger partial charge in [0.25, 0.3) is 5.91 Å². The summed E-state index contributed by atoms with van der Waals surface area (Å²) in [4.78, 5) is 20.8. The second-order valence-corrected chi connectivity index (χ2v) is 6.11. The van der Waals surface area contributed by atoms with Crippen molar-refractivity contribution in [2.75, 3.05) is 10.6 Å². The maximum absolute atomic E-state index is 12.5. The van der Waals surface area contributed by atoms with Crippen LogP contribution in [0.2, 0.25) is 5.02 Å². The Morgan fingerprint density at radius 1 is 1.04 bits per heavy atom. The molecule has 0 radical (unpaired) electrons. The largest absolute Gasteiger partial charge is 0.323 e. The first kappa shape index (κ1) is 16.9. The first-order chi connectivity index (χ1) is 12.0. The number of nitrogens with one attached hydrogen (secondary N) is 2. The van der Waals surface area contributed by atoms with E-state index in [2.05, 4.69) is 20.6 Å². The van der Waals surface area contributed by atoms with Crippen LogP contribution in [0.3, 0.4) is 0 Å². The summed E-state index contributed by atoms with van der Waals surface area (Å²) in [5.74, 6) is 0.00998. The fourth-order valence-corrected chi connectivity index (χ4v) is 2.65. The van der Waals surface area contributed by atoms with Crippen LogP contribution >= 0.6 is 11.6 Å². The molecule has 1 heterocycles. The molecule has 3 aromatic rings. The highest BCUT2D eigenvalue weighted by molar-refractivity contribution is 6.33. The number of para-hydroxylation sites is 1. The molecule has 0 bridgehead atoms. The highest BCUT2D eigenvalue weighted by atomic mass is 35.5. The lowest BCUT2D eigenvalue weighted by atomic mass is 10.1. The molecule has 3 rings (SSSR count). The molecule has 2 N–H and O–H groups in total. The Kier molecular flexibility index (Phi) is 4.95. The van der Waals surface area contributed by atoms with Crippen LogP contribution in [0.5, 0.6) is 0 Å². The summed E-state index contributed by atoms with van der Waals surface area (Å²) < 4.78 is 0. The van der Waals surface area contributed by atoms with Crippen molar-refractivity contribution in [3.8, 4) is 0 Å². The third-order valence-electron chi connectivity index (χ3n) is 3.49. The predicted octanol–water partition coefficient (Wildman–Crippen LogP) is 4.74. The van der Waals surface area contributed by atoms with Gasteiger partial charge in [-0.05, 0) is 55.3 Å². The quantitative estimate of drug-likeness (QED) is 0.711.